The predicted octanol–water partition coefficient (Wildman–Crippen LogP) is 3.51. The number of hydrogen-bond acceptors (Lipinski definition) is 2. The van der Waals surface area contributed by atoms with Crippen molar-refractivity contribution >= 4 is 0 Å². The van der Waals surface area contributed by atoms with Gasteiger partial charge in [0, 0.05) is 12.1 Å². The van der Waals surface area contributed by atoms with Crippen LogP contribution in [0.2, 0.25) is 0 Å². The minimum absolute atomic E-state index is 0.435. The van der Waals surface area contributed by atoms with E-state index < -0.39 is 0 Å². The molecule has 0 aliphatic heterocycles. The number of unbranched alkanes of at least 4 members (excludes halogenated alkanes) is 1. The van der Waals surface area contributed by atoms with Crippen LogP contribution in [0.5, 0.6) is 0 Å². The third-order valence-electron chi connectivity index (χ3n) is 3.43. The number of hydrogen-bond donors (Lipinski definition) is 2. The van der Waals surface area contributed by atoms with Gasteiger partial charge in [-0.25, -0.2) is 0 Å². The Bertz CT molecular complexity index is 289. The molecule has 2 nitrogen and oxygen atoms in total. The quantitative estimate of drug-likeness (QED) is 0.699. The standard InChI is InChI=1S/C16H28N2/c1-4-5-11-16(12-13-17-3)18-14(2)15-9-7-6-8-10-15/h6-10,14,16-18H,4-5,11-13H2,1-3H3/t14-,16+/m1/s1. The highest BCUT2D eigenvalue weighted by Crippen LogP contribution is 2.15. The van der Waals surface area contributed by atoms with Crippen molar-refractivity contribution in [1.29, 1.82) is 0 Å². The van der Waals surface area contributed by atoms with E-state index in [1.165, 1.54) is 31.2 Å². The molecule has 0 amide bonds. The highest BCUT2D eigenvalue weighted by atomic mass is 15.0. The van der Waals surface area contributed by atoms with Crippen molar-refractivity contribution in [3.63, 3.8) is 0 Å². The Balaban J connectivity index is 2.47. The largest absolute Gasteiger partial charge is 0.320 e. The molecule has 0 unspecified atom stereocenters. The van der Waals surface area contributed by atoms with Crippen LogP contribution in [0, 0.1) is 0 Å². The number of rotatable bonds is 9. The van der Waals surface area contributed by atoms with Gasteiger partial charge in [0.2, 0.25) is 0 Å². The van der Waals surface area contributed by atoms with Crippen LogP contribution in [0.1, 0.15) is 51.1 Å². The molecule has 2 N–H and O–H groups in total. The van der Waals surface area contributed by atoms with Crippen molar-refractivity contribution in [2.75, 3.05) is 13.6 Å². The van der Waals surface area contributed by atoms with Gasteiger partial charge in [0.1, 0.15) is 0 Å². The molecule has 0 saturated heterocycles. The van der Waals surface area contributed by atoms with Crippen LogP contribution in [0.4, 0.5) is 0 Å². The highest BCUT2D eigenvalue weighted by molar-refractivity contribution is 5.18. The molecule has 0 heterocycles. The van der Waals surface area contributed by atoms with Crippen molar-refractivity contribution in [2.45, 2.75) is 51.6 Å². The molecule has 0 fully saturated rings. The van der Waals surface area contributed by atoms with E-state index in [1.54, 1.807) is 0 Å². The molecule has 2 atom stereocenters. The lowest BCUT2D eigenvalue weighted by molar-refractivity contribution is 0.395. The van der Waals surface area contributed by atoms with Gasteiger partial charge in [-0.15, -0.1) is 0 Å². The Morgan fingerprint density at radius 1 is 1.11 bits per heavy atom. The molecule has 2 heteroatoms. The predicted molar refractivity (Wildman–Crippen MR) is 79.8 cm³/mol. The second kappa shape index (κ2) is 9.12. The fourth-order valence-electron chi connectivity index (χ4n) is 2.27. The van der Waals surface area contributed by atoms with Gasteiger partial charge in [0.25, 0.3) is 0 Å². The minimum atomic E-state index is 0.435. The second-order valence-electron chi connectivity index (χ2n) is 5.03. The smallest absolute Gasteiger partial charge is 0.0294 e. The zero-order valence-electron chi connectivity index (χ0n) is 12.1. The molecule has 0 aliphatic rings. The van der Waals surface area contributed by atoms with Crippen LogP contribution in [0.15, 0.2) is 30.3 Å². The van der Waals surface area contributed by atoms with Crippen molar-refractivity contribution < 1.29 is 0 Å². The number of nitrogens with one attached hydrogen (secondary N) is 2. The van der Waals surface area contributed by atoms with Gasteiger partial charge in [-0.1, -0.05) is 50.1 Å². The Morgan fingerprint density at radius 3 is 2.44 bits per heavy atom. The zero-order valence-corrected chi connectivity index (χ0v) is 12.1. The first-order valence-electron chi connectivity index (χ1n) is 7.23. The summed E-state index contributed by atoms with van der Waals surface area (Å²) in [6, 6.07) is 11.8. The van der Waals surface area contributed by atoms with Crippen molar-refractivity contribution in [3.8, 4) is 0 Å². The second-order valence-corrected chi connectivity index (χ2v) is 5.03. The van der Waals surface area contributed by atoms with E-state index in [0.717, 1.165) is 6.54 Å². The molecule has 0 aromatic heterocycles. The molecule has 1 aromatic rings. The lowest BCUT2D eigenvalue weighted by atomic mass is 10.0. The Morgan fingerprint density at radius 2 is 1.83 bits per heavy atom. The number of benzene rings is 1. The minimum Gasteiger partial charge on any atom is -0.320 e. The lowest BCUT2D eigenvalue weighted by Crippen LogP contribution is -2.34. The SMILES string of the molecule is CCCC[C@@H](CCNC)N[C@H](C)c1ccccc1. The van der Waals surface area contributed by atoms with Crippen LogP contribution < -0.4 is 10.6 Å². The Labute approximate surface area is 112 Å². The Kier molecular flexibility index (Phi) is 7.70. The molecule has 1 aromatic carbocycles. The maximum atomic E-state index is 3.76. The summed E-state index contributed by atoms with van der Waals surface area (Å²) in [7, 11) is 2.03. The summed E-state index contributed by atoms with van der Waals surface area (Å²) in [6.45, 7) is 5.60. The molecular weight excluding hydrogens is 220 g/mol. The van der Waals surface area contributed by atoms with Gasteiger partial charge < -0.3 is 10.6 Å². The third kappa shape index (κ3) is 5.65. The molecule has 0 spiro atoms. The summed E-state index contributed by atoms with van der Waals surface area (Å²) in [4.78, 5) is 0. The van der Waals surface area contributed by atoms with Crippen LogP contribution in [-0.4, -0.2) is 19.6 Å². The molecule has 0 bridgehead atoms. The van der Waals surface area contributed by atoms with Gasteiger partial charge >= 0.3 is 0 Å². The monoisotopic (exact) mass is 248 g/mol. The summed E-state index contributed by atoms with van der Waals surface area (Å²) >= 11 is 0. The van der Waals surface area contributed by atoms with Gasteiger partial charge in [-0.3, -0.25) is 0 Å². The third-order valence-corrected chi connectivity index (χ3v) is 3.43. The first-order valence-corrected chi connectivity index (χ1v) is 7.23. The molecular formula is C16H28N2. The molecule has 1 rings (SSSR count). The molecule has 18 heavy (non-hydrogen) atoms. The van der Waals surface area contributed by atoms with Gasteiger partial charge in [0.15, 0.2) is 0 Å². The topological polar surface area (TPSA) is 24.1 Å². The Hall–Kier alpha value is -0.860. The molecule has 0 aliphatic carbocycles. The summed E-state index contributed by atoms with van der Waals surface area (Å²) in [5.74, 6) is 0. The highest BCUT2D eigenvalue weighted by Gasteiger charge is 2.12. The fourth-order valence-corrected chi connectivity index (χ4v) is 2.27. The lowest BCUT2D eigenvalue weighted by Gasteiger charge is -2.23. The molecule has 102 valence electrons. The fraction of sp³-hybridized carbons (Fsp3) is 0.625. The van der Waals surface area contributed by atoms with Crippen LogP contribution >= 0.6 is 0 Å². The summed E-state index contributed by atoms with van der Waals surface area (Å²) < 4.78 is 0. The van der Waals surface area contributed by atoms with Crippen LogP contribution in [0.3, 0.4) is 0 Å². The van der Waals surface area contributed by atoms with E-state index in [1.807, 2.05) is 7.05 Å². The molecule has 0 saturated carbocycles. The van der Waals surface area contributed by atoms with Crippen molar-refractivity contribution in [2.24, 2.45) is 0 Å². The summed E-state index contributed by atoms with van der Waals surface area (Å²) in [5, 5.41) is 7.01. The van der Waals surface area contributed by atoms with Crippen LogP contribution in [0.25, 0.3) is 0 Å². The maximum absolute atomic E-state index is 3.76. The van der Waals surface area contributed by atoms with E-state index in [2.05, 4.69) is 54.8 Å². The van der Waals surface area contributed by atoms with Gasteiger partial charge in [-0.05, 0) is 38.9 Å². The van der Waals surface area contributed by atoms with E-state index in [-0.39, 0.29) is 0 Å². The zero-order chi connectivity index (χ0) is 13.2. The van der Waals surface area contributed by atoms with E-state index in [9.17, 15) is 0 Å². The van der Waals surface area contributed by atoms with Gasteiger partial charge in [-0.2, -0.15) is 0 Å². The van der Waals surface area contributed by atoms with E-state index in [4.69, 9.17) is 0 Å². The van der Waals surface area contributed by atoms with Crippen molar-refractivity contribution in [3.05, 3.63) is 35.9 Å². The first kappa shape index (κ1) is 15.2. The van der Waals surface area contributed by atoms with Gasteiger partial charge in [0.05, 0.1) is 0 Å². The summed E-state index contributed by atoms with van der Waals surface area (Å²) in [5.41, 5.74) is 1.38. The van der Waals surface area contributed by atoms with E-state index >= 15 is 0 Å². The average molecular weight is 248 g/mol. The average Bonchev–Trinajstić information content (AvgIpc) is 2.42. The summed E-state index contributed by atoms with van der Waals surface area (Å²) in [6.07, 6.45) is 5.06. The maximum Gasteiger partial charge on any atom is 0.0294 e. The van der Waals surface area contributed by atoms with E-state index in [0.29, 0.717) is 12.1 Å². The van der Waals surface area contributed by atoms with Crippen molar-refractivity contribution in [1.82, 2.24) is 10.6 Å². The first-order chi connectivity index (χ1) is 8.77. The van der Waals surface area contributed by atoms with Crippen LogP contribution in [-0.2, 0) is 0 Å². The molecule has 0 radical (unpaired) electrons. The normalized spacial score (nSPS) is 14.4.